The van der Waals surface area contributed by atoms with Crippen molar-refractivity contribution in [3.05, 3.63) is 30.1 Å². The number of rotatable bonds is 6. The lowest BCUT2D eigenvalue weighted by Crippen LogP contribution is -2.41. The number of nitrogens with one attached hydrogen (secondary N) is 1. The van der Waals surface area contributed by atoms with Crippen LogP contribution in [0, 0.1) is 0 Å². The van der Waals surface area contributed by atoms with Gasteiger partial charge in [0.25, 0.3) is 0 Å². The maximum absolute atomic E-state index is 11.8. The number of pyridine rings is 1. The second-order valence-corrected chi connectivity index (χ2v) is 3.52. The Morgan fingerprint density at radius 1 is 1.41 bits per heavy atom. The van der Waals surface area contributed by atoms with Crippen molar-refractivity contribution in [2.75, 3.05) is 13.2 Å². The highest BCUT2D eigenvalue weighted by Gasteiger charge is 2.27. The summed E-state index contributed by atoms with van der Waals surface area (Å²) in [6.45, 7) is -1.39. The molecule has 1 aromatic rings. The first-order chi connectivity index (χ1) is 8.01. The Labute approximate surface area is 96.9 Å². The maximum Gasteiger partial charge on any atom is 0.411 e. The molecule has 0 aliphatic heterocycles. The van der Waals surface area contributed by atoms with E-state index < -0.39 is 18.8 Å². The van der Waals surface area contributed by atoms with Gasteiger partial charge in [-0.3, -0.25) is 16.3 Å². The second-order valence-electron chi connectivity index (χ2n) is 3.52. The minimum absolute atomic E-state index is 0.118. The minimum atomic E-state index is -4.32. The van der Waals surface area contributed by atoms with Crippen molar-refractivity contribution in [3.63, 3.8) is 0 Å². The van der Waals surface area contributed by atoms with Gasteiger partial charge in [0.2, 0.25) is 0 Å². The fraction of sp³-hybridized carbons (Fsp3) is 0.500. The first-order valence-corrected chi connectivity index (χ1v) is 5.02. The molecule has 1 unspecified atom stereocenters. The molecule has 1 aromatic heterocycles. The summed E-state index contributed by atoms with van der Waals surface area (Å²) in [6, 6.07) is 4.93. The van der Waals surface area contributed by atoms with Gasteiger partial charge in [0.15, 0.2) is 0 Å². The highest BCUT2D eigenvalue weighted by molar-refractivity contribution is 5.05. The standard InChI is InChI=1S/C10H14F3N3O/c11-10(12,13)7-17-6-9(16-14)5-8-3-1-2-4-15-8/h1-4,9,16H,5-7,14H2. The fourth-order valence-electron chi connectivity index (χ4n) is 1.25. The Balaban J connectivity index is 2.34. The highest BCUT2D eigenvalue weighted by atomic mass is 19.4. The molecule has 1 rings (SSSR count). The predicted octanol–water partition coefficient (Wildman–Crippen LogP) is 1.03. The van der Waals surface area contributed by atoms with Gasteiger partial charge in [-0.15, -0.1) is 0 Å². The van der Waals surface area contributed by atoms with Crippen molar-refractivity contribution in [2.24, 2.45) is 5.84 Å². The third-order valence-electron chi connectivity index (χ3n) is 2.00. The van der Waals surface area contributed by atoms with Crippen LogP contribution in [0.2, 0.25) is 0 Å². The Morgan fingerprint density at radius 2 is 2.18 bits per heavy atom. The number of hydrogen-bond donors (Lipinski definition) is 2. The third kappa shape index (κ3) is 6.20. The van der Waals surface area contributed by atoms with E-state index in [4.69, 9.17) is 5.84 Å². The van der Waals surface area contributed by atoms with E-state index in [1.807, 2.05) is 0 Å². The Bertz CT molecular complexity index is 318. The molecule has 0 spiro atoms. The van der Waals surface area contributed by atoms with Gasteiger partial charge in [0.1, 0.15) is 6.61 Å². The number of halogens is 3. The van der Waals surface area contributed by atoms with Crippen LogP contribution in [0.5, 0.6) is 0 Å². The van der Waals surface area contributed by atoms with E-state index in [0.717, 1.165) is 5.69 Å². The van der Waals surface area contributed by atoms with Gasteiger partial charge < -0.3 is 4.74 Å². The smallest absolute Gasteiger partial charge is 0.370 e. The Kier molecular flexibility index (Phi) is 5.33. The summed E-state index contributed by atoms with van der Waals surface area (Å²) in [5, 5.41) is 0. The quantitative estimate of drug-likeness (QED) is 0.584. The van der Waals surface area contributed by atoms with E-state index in [-0.39, 0.29) is 6.61 Å². The van der Waals surface area contributed by atoms with Crippen LogP contribution < -0.4 is 11.3 Å². The zero-order valence-corrected chi connectivity index (χ0v) is 9.07. The van der Waals surface area contributed by atoms with Crippen LogP contribution in [0.4, 0.5) is 13.2 Å². The van der Waals surface area contributed by atoms with Gasteiger partial charge >= 0.3 is 6.18 Å². The molecule has 0 aliphatic carbocycles. The Morgan fingerprint density at radius 3 is 2.71 bits per heavy atom. The van der Waals surface area contributed by atoms with Crippen LogP contribution in [0.3, 0.4) is 0 Å². The van der Waals surface area contributed by atoms with E-state index in [1.54, 1.807) is 24.4 Å². The summed E-state index contributed by atoms with van der Waals surface area (Å²) in [7, 11) is 0. The molecule has 0 radical (unpaired) electrons. The lowest BCUT2D eigenvalue weighted by Gasteiger charge is -2.16. The van der Waals surface area contributed by atoms with Gasteiger partial charge in [-0.1, -0.05) is 6.07 Å². The van der Waals surface area contributed by atoms with Gasteiger partial charge in [0, 0.05) is 24.4 Å². The summed E-state index contributed by atoms with van der Waals surface area (Å²) in [5.41, 5.74) is 3.15. The van der Waals surface area contributed by atoms with Crippen LogP contribution in [0.15, 0.2) is 24.4 Å². The fourth-order valence-corrected chi connectivity index (χ4v) is 1.25. The first kappa shape index (κ1) is 13.9. The largest absolute Gasteiger partial charge is 0.411 e. The average Bonchev–Trinajstić information content (AvgIpc) is 2.27. The molecule has 3 N–H and O–H groups in total. The van der Waals surface area contributed by atoms with Crippen molar-refractivity contribution in [1.29, 1.82) is 0 Å². The molecule has 0 saturated carbocycles. The predicted molar refractivity (Wildman–Crippen MR) is 55.9 cm³/mol. The van der Waals surface area contributed by atoms with Gasteiger partial charge in [-0.05, 0) is 12.1 Å². The topological polar surface area (TPSA) is 60.2 Å². The van der Waals surface area contributed by atoms with Crippen molar-refractivity contribution in [3.8, 4) is 0 Å². The molecule has 96 valence electrons. The summed E-state index contributed by atoms with van der Waals surface area (Å²) >= 11 is 0. The van der Waals surface area contributed by atoms with Crippen molar-refractivity contribution in [2.45, 2.75) is 18.6 Å². The molecule has 4 nitrogen and oxygen atoms in total. The number of hydrazine groups is 1. The third-order valence-corrected chi connectivity index (χ3v) is 2.00. The minimum Gasteiger partial charge on any atom is -0.370 e. The van der Waals surface area contributed by atoms with Crippen LogP contribution in [0.1, 0.15) is 5.69 Å². The van der Waals surface area contributed by atoms with Gasteiger partial charge in [-0.2, -0.15) is 13.2 Å². The van der Waals surface area contributed by atoms with Crippen LogP contribution in [-0.2, 0) is 11.2 Å². The van der Waals surface area contributed by atoms with Gasteiger partial charge in [0.05, 0.1) is 6.61 Å². The zero-order valence-electron chi connectivity index (χ0n) is 9.07. The molecule has 0 fully saturated rings. The van der Waals surface area contributed by atoms with E-state index in [9.17, 15) is 13.2 Å². The molecule has 7 heteroatoms. The second kappa shape index (κ2) is 6.53. The van der Waals surface area contributed by atoms with Crippen LogP contribution >= 0.6 is 0 Å². The number of aromatic nitrogens is 1. The Hall–Kier alpha value is -1.18. The molecule has 1 heterocycles. The number of nitrogens with zero attached hydrogens (tertiary/aromatic N) is 1. The summed E-state index contributed by atoms with van der Waals surface area (Å²) in [6.07, 6.45) is -2.29. The number of alkyl halides is 3. The SMILES string of the molecule is NNC(COCC(F)(F)F)Cc1ccccn1. The summed E-state index contributed by atoms with van der Waals surface area (Å²) < 4.78 is 40.1. The van der Waals surface area contributed by atoms with E-state index >= 15 is 0 Å². The molecule has 1 atom stereocenters. The van der Waals surface area contributed by atoms with E-state index in [2.05, 4.69) is 15.1 Å². The molecular formula is C10H14F3N3O. The zero-order chi connectivity index (χ0) is 12.7. The molecule has 17 heavy (non-hydrogen) atoms. The molecular weight excluding hydrogens is 235 g/mol. The lowest BCUT2D eigenvalue weighted by molar-refractivity contribution is -0.175. The molecule has 0 amide bonds. The number of nitrogens with two attached hydrogens (primary N) is 1. The monoisotopic (exact) mass is 249 g/mol. The summed E-state index contributed by atoms with van der Waals surface area (Å²) in [5.74, 6) is 5.23. The summed E-state index contributed by atoms with van der Waals surface area (Å²) in [4.78, 5) is 4.05. The van der Waals surface area contributed by atoms with Crippen LogP contribution in [-0.4, -0.2) is 30.4 Å². The van der Waals surface area contributed by atoms with Crippen molar-refractivity contribution in [1.82, 2.24) is 10.4 Å². The van der Waals surface area contributed by atoms with Crippen molar-refractivity contribution < 1.29 is 17.9 Å². The lowest BCUT2D eigenvalue weighted by atomic mass is 10.1. The molecule has 0 saturated heterocycles. The normalized spacial score (nSPS) is 13.6. The van der Waals surface area contributed by atoms with Crippen LogP contribution in [0.25, 0.3) is 0 Å². The van der Waals surface area contributed by atoms with E-state index in [0.29, 0.717) is 6.42 Å². The highest BCUT2D eigenvalue weighted by Crippen LogP contribution is 2.14. The average molecular weight is 249 g/mol. The molecule has 0 aromatic carbocycles. The number of hydrogen-bond acceptors (Lipinski definition) is 4. The van der Waals surface area contributed by atoms with Crippen molar-refractivity contribution >= 4 is 0 Å². The number of ether oxygens (including phenoxy) is 1. The molecule has 0 aliphatic rings. The maximum atomic E-state index is 11.8. The molecule has 0 bridgehead atoms. The van der Waals surface area contributed by atoms with Gasteiger partial charge in [-0.25, -0.2) is 0 Å². The first-order valence-electron chi connectivity index (χ1n) is 5.02. The van der Waals surface area contributed by atoms with E-state index in [1.165, 1.54) is 0 Å².